The van der Waals surface area contributed by atoms with Crippen LogP contribution in [-0.2, 0) is 0 Å². The van der Waals surface area contributed by atoms with Gasteiger partial charge in [0.25, 0.3) is 5.91 Å². The van der Waals surface area contributed by atoms with Crippen molar-refractivity contribution in [1.29, 1.82) is 0 Å². The summed E-state index contributed by atoms with van der Waals surface area (Å²) in [5, 5.41) is 1.69. The van der Waals surface area contributed by atoms with E-state index in [9.17, 15) is 4.79 Å². The van der Waals surface area contributed by atoms with Crippen LogP contribution in [0.4, 0.5) is 0 Å². The molecule has 2 aliphatic heterocycles. The number of carbonyl (C=O) groups excluding carboxylic acids is 1. The molecule has 5 rings (SSSR count). The summed E-state index contributed by atoms with van der Waals surface area (Å²) >= 11 is 6.06. The molecule has 28 heavy (non-hydrogen) atoms. The lowest BCUT2D eigenvalue weighted by Crippen LogP contribution is -2.64. The highest BCUT2D eigenvalue weighted by Crippen LogP contribution is 2.26. The van der Waals surface area contributed by atoms with Crippen molar-refractivity contribution in [3.63, 3.8) is 0 Å². The van der Waals surface area contributed by atoms with E-state index in [4.69, 9.17) is 11.6 Å². The maximum absolute atomic E-state index is 12.8. The van der Waals surface area contributed by atoms with Crippen LogP contribution < -0.4 is 0 Å². The number of nitrogens with zero attached hydrogens (tertiary/aromatic N) is 3. The van der Waals surface area contributed by atoms with Crippen molar-refractivity contribution in [2.45, 2.75) is 44.2 Å². The van der Waals surface area contributed by atoms with E-state index in [0.717, 1.165) is 43.1 Å². The third-order valence-electron chi connectivity index (χ3n) is 6.92. The topological polar surface area (TPSA) is 42.6 Å². The first kappa shape index (κ1) is 18.5. The zero-order valence-corrected chi connectivity index (χ0v) is 17.1. The Balaban J connectivity index is 1.13. The highest BCUT2D eigenvalue weighted by Gasteiger charge is 2.37. The van der Waals surface area contributed by atoms with Crippen LogP contribution in [0.1, 0.15) is 42.6 Å². The molecule has 0 unspecified atom stereocenters. The number of carbonyl (C=O) groups is 1. The molecule has 1 aliphatic carbocycles. The van der Waals surface area contributed by atoms with E-state index in [1.54, 1.807) is 0 Å². The number of H-pyrrole nitrogens is 1. The van der Waals surface area contributed by atoms with E-state index in [1.165, 1.54) is 45.2 Å². The van der Waals surface area contributed by atoms with Gasteiger partial charge in [0.05, 0.1) is 0 Å². The van der Waals surface area contributed by atoms with Crippen molar-refractivity contribution >= 4 is 28.4 Å². The lowest BCUT2D eigenvalue weighted by Gasteiger charge is -2.49. The maximum atomic E-state index is 12.8. The summed E-state index contributed by atoms with van der Waals surface area (Å²) in [5.41, 5.74) is 1.63. The minimum absolute atomic E-state index is 0.101. The summed E-state index contributed by atoms with van der Waals surface area (Å²) in [6.07, 6.45) is 7.02. The first-order valence-corrected chi connectivity index (χ1v) is 11.1. The molecule has 5 nitrogen and oxygen atoms in total. The Morgan fingerprint density at radius 3 is 2.32 bits per heavy atom. The van der Waals surface area contributed by atoms with Gasteiger partial charge in [-0.05, 0) is 37.1 Å². The minimum atomic E-state index is 0.101. The second-order valence-electron chi connectivity index (χ2n) is 8.64. The smallest absolute Gasteiger partial charge is 0.270 e. The number of rotatable bonds is 3. The molecule has 2 saturated heterocycles. The van der Waals surface area contributed by atoms with Crippen LogP contribution in [-0.4, -0.2) is 76.9 Å². The Morgan fingerprint density at radius 2 is 1.61 bits per heavy atom. The van der Waals surface area contributed by atoms with Gasteiger partial charge in [-0.15, -0.1) is 0 Å². The minimum Gasteiger partial charge on any atom is -0.351 e. The Kier molecular flexibility index (Phi) is 5.07. The van der Waals surface area contributed by atoms with Crippen LogP contribution in [0.5, 0.6) is 0 Å². The van der Waals surface area contributed by atoms with Crippen molar-refractivity contribution in [3.05, 3.63) is 35.0 Å². The normalized spacial score (nSPS) is 23.2. The fraction of sp³-hybridized carbons (Fsp3) is 0.591. The lowest BCUT2D eigenvalue weighted by molar-refractivity contribution is -0.00283. The number of likely N-dealkylation sites (tertiary alicyclic amines) is 1. The first-order valence-electron chi connectivity index (χ1n) is 10.7. The Labute approximate surface area is 171 Å². The lowest BCUT2D eigenvalue weighted by atomic mass is 9.93. The monoisotopic (exact) mass is 400 g/mol. The van der Waals surface area contributed by atoms with Crippen LogP contribution in [0.2, 0.25) is 5.02 Å². The number of amides is 1. The molecule has 0 bridgehead atoms. The maximum Gasteiger partial charge on any atom is 0.270 e. The highest BCUT2D eigenvalue weighted by molar-refractivity contribution is 6.31. The molecular weight excluding hydrogens is 372 g/mol. The van der Waals surface area contributed by atoms with Crippen molar-refractivity contribution in [3.8, 4) is 0 Å². The quantitative estimate of drug-likeness (QED) is 0.856. The molecular formula is C22H29ClN4O. The Bertz CT molecular complexity index is 845. The van der Waals surface area contributed by atoms with E-state index in [-0.39, 0.29) is 5.91 Å². The van der Waals surface area contributed by atoms with Crippen LogP contribution in [0.15, 0.2) is 24.3 Å². The van der Waals surface area contributed by atoms with Gasteiger partial charge >= 0.3 is 0 Å². The molecule has 0 spiro atoms. The van der Waals surface area contributed by atoms with Crippen LogP contribution in [0.3, 0.4) is 0 Å². The SMILES string of the molecule is O=C(c1cc2cc(Cl)ccc2[nH]1)N1CC(N2CCN(C3CCCCC3)CC2)C1. The molecule has 3 heterocycles. The van der Waals surface area contributed by atoms with Gasteiger partial charge in [0.15, 0.2) is 0 Å². The summed E-state index contributed by atoms with van der Waals surface area (Å²) < 4.78 is 0. The molecule has 0 atom stereocenters. The zero-order chi connectivity index (χ0) is 19.1. The molecule has 0 radical (unpaired) electrons. The summed E-state index contributed by atoms with van der Waals surface area (Å²) in [5.74, 6) is 0.101. The average molecular weight is 401 g/mol. The summed E-state index contributed by atoms with van der Waals surface area (Å²) in [6, 6.07) is 8.94. The molecule has 1 saturated carbocycles. The molecule has 150 valence electrons. The zero-order valence-electron chi connectivity index (χ0n) is 16.4. The third kappa shape index (κ3) is 3.56. The number of halogens is 1. The van der Waals surface area contributed by atoms with E-state index >= 15 is 0 Å². The summed E-state index contributed by atoms with van der Waals surface area (Å²) in [6.45, 7) is 6.37. The Hall–Kier alpha value is -1.56. The van der Waals surface area contributed by atoms with Crippen molar-refractivity contribution in [2.75, 3.05) is 39.3 Å². The van der Waals surface area contributed by atoms with E-state index in [1.807, 2.05) is 29.2 Å². The predicted octanol–water partition coefficient (Wildman–Crippen LogP) is 3.60. The number of hydrogen-bond acceptors (Lipinski definition) is 3. The van der Waals surface area contributed by atoms with Crippen molar-refractivity contribution in [1.82, 2.24) is 19.7 Å². The summed E-state index contributed by atoms with van der Waals surface area (Å²) in [4.78, 5) is 23.3. The van der Waals surface area contributed by atoms with E-state index < -0.39 is 0 Å². The average Bonchev–Trinajstić information content (AvgIpc) is 3.11. The molecule has 1 aromatic heterocycles. The number of nitrogens with one attached hydrogen (secondary N) is 1. The van der Waals surface area contributed by atoms with Gasteiger partial charge < -0.3 is 9.88 Å². The number of benzene rings is 1. The molecule has 1 amide bonds. The van der Waals surface area contributed by atoms with Gasteiger partial charge in [-0.3, -0.25) is 14.6 Å². The number of hydrogen-bond donors (Lipinski definition) is 1. The molecule has 3 aliphatic rings. The second-order valence-corrected chi connectivity index (χ2v) is 9.08. The third-order valence-corrected chi connectivity index (χ3v) is 7.15. The fourth-order valence-corrected chi connectivity index (χ4v) is 5.34. The fourth-order valence-electron chi connectivity index (χ4n) is 5.16. The number of piperazine rings is 1. The number of aromatic amines is 1. The molecule has 2 aromatic rings. The van der Waals surface area contributed by atoms with Gasteiger partial charge in [0, 0.05) is 67.3 Å². The van der Waals surface area contributed by atoms with Crippen molar-refractivity contribution < 1.29 is 4.79 Å². The predicted molar refractivity (Wildman–Crippen MR) is 113 cm³/mol. The van der Waals surface area contributed by atoms with Crippen LogP contribution in [0, 0.1) is 0 Å². The number of aromatic nitrogens is 1. The Morgan fingerprint density at radius 1 is 0.929 bits per heavy atom. The largest absolute Gasteiger partial charge is 0.351 e. The first-order chi connectivity index (χ1) is 13.7. The highest BCUT2D eigenvalue weighted by atomic mass is 35.5. The molecule has 1 N–H and O–H groups in total. The van der Waals surface area contributed by atoms with Gasteiger partial charge in [0.1, 0.15) is 5.69 Å². The molecule has 1 aromatic carbocycles. The van der Waals surface area contributed by atoms with Gasteiger partial charge in [0.2, 0.25) is 0 Å². The van der Waals surface area contributed by atoms with Crippen LogP contribution in [0.25, 0.3) is 10.9 Å². The van der Waals surface area contributed by atoms with E-state index in [2.05, 4.69) is 14.8 Å². The van der Waals surface area contributed by atoms with Crippen molar-refractivity contribution in [2.24, 2.45) is 0 Å². The van der Waals surface area contributed by atoms with E-state index in [0.29, 0.717) is 16.8 Å². The standard InChI is InChI=1S/C22H29ClN4O/c23-17-6-7-20-16(12-17)13-21(24-20)22(28)27-14-19(15-27)26-10-8-25(9-11-26)18-4-2-1-3-5-18/h6-7,12-13,18-19,24H,1-5,8-11,14-15H2. The van der Waals surface area contributed by atoms with Gasteiger partial charge in [-0.25, -0.2) is 0 Å². The van der Waals surface area contributed by atoms with Crippen LogP contribution >= 0.6 is 11.6 Å². The molecule has 6 heteroatoms. The second kappa shape index (κ2) is 7.69. The summed E-state index contributed by atoms with van der Waals surface area (Å²) in [7, 11) is 0. The van der Waals surface area contributed by atoms with Gasteiger partial charge in [-0.2, -0.15) is 0 Å². The van der Waals surface area contributed by atoms with Gasteiger partial charge in [-0.1, -0.05) is 30.9 Å². The molecule has 3 fully saturated rings. The number of fused-ring (bicyclic) bond motifs is 1.